The van der Waals surface area contributed by atoms with Gasteiger partial charge in [-0.2, -0.15) is 0 Å². The molecule has 6 heteroatoms. The van der Waals surface area contributed by atoms with Crippen LogP contribution in [0.25, 0.3) is 0 Å². The maximum absolute atomic E-state index is 12.6. The molecule has 2 amide bonds. The smallest absolute Gasteiger partial charge is 0.352 e. The minimum Gasteiger partial charge on any atom is -0.479 e. The topological polar surface area (TPSA) is 72.9 Å². The Balaban J connectivity index is 1.40. The van der Waals surface area contributed by atoms with Crippen LogP contribution in [0.4, 0.5) is 5.69 Å². The summed E-state index contributed by atoms with van der Waals surface area (Å²) in [6, 6.07) is 20.5. The number of rotatable bonds is 6. The molecule has 6 nitrogen and oxygen atoms in total. The second kappa shape index (κ2) is 8.67. The number of fused-ring (bicyclic) bond motifs is 1. The lowest BCUT2D eigenvalue weighted by Crippen LogP contribution is -2.29. The zero-order valence-electron chi connectivity index (χ0n) is 18.1. The summed E-state index contributed by atoms with van der Waals surface area (Å²) in [5.41, 5.74) is 2.34. The molecule has 3 aromatic rings. The summed E-state index contributed by atoms with van der Waals surface area (Å²) in [5.74, 6) is -0.0105. The molecule has 32 heavy (non-hydrogen) atoms. The van der Waals surface area contributed by atoms with Crippen LogP contribution in [0, 0.1) is 0 Å². The largest absolute Gasteiger partial charge is 0.479 e. The van der Waals surface area contributed by atoms with Crippen LogP contribution in [0.15, 0.2) is 72.8 Å². The van der Waals surface area contributed by atoms with Crippen LogP contribution < -0.4 is 14.4 Å². The van der Waals surface area contributed by atoms with E-state index in [0.29, 0.717) is 34.2 Å². The highest BCUT2D eigenvalue weighted by Crippen LogP contribution is 2.29. The fourth-order valence-corrected chi connectivity index (χ4v) is 3.47. The number of hydrogen-bond acceptors (Lipinski definition) is 5. The quantitative estimate of drug-likeness (QED) is 0.314. The van der Waals surface area contributed by atoms with Crippen LogP contribution in [-0.4, -0.2) is 23.9 Å². The molecule has 1 aliphatic heterocycles. The first-order valence-corrected chi connectivity index (χ1v) is 10.4. The number of nitrogens with zero attached hydrogens (tertiary/aromatic N) is 1. The monoisotopic (exact) mass is 429 g/mol. The second-order valence-corrected chi connectivity index (χ2v) is 7.89. The van der Waals surface area contributed by atoms with E-state index in [-0.39, 0.29) is 11.8 Å². The first-order chi connectivity index (χ1) is 15.3. The molecule has 0 aromatic heterocycles. The molecule has 1 aliphatic rings. The van der Waals surface area contributed by atoms with E-state index in [1.807, 2.05) is 24.3 Å². The van der Waals surface area contributed by atoms with Gasteiger partial charge < -0.3 is 9.47 Å². The number of anilines is 1. The minimum absolute atomic E-state index is 0.293. The number of carbonyl (C=O) groups is 3. The highest BCUT2D eigenvalue weighted by molar-refractivity contribution is 6.34. The van der Waals surface area contributed by atoms with Crippen LogP contribution in [-0.2, 0) is 4.79 Å². The number of esters is 1. The summed E-state index contributed by atoms with van der Waals surface area (Å²) in [6.45, 7) is 5.83. The average molecular weight is 429 g/mol. The first-order valence-electron chi connectivity index (χ1n) is 10.4. The SMILES string of the molecule is CC(Oc1ccc(C(C)C)cc1)C(=O)Oc1ccc(N2C(=O)c3ccccc3C2=O)cc1. The molecule has 0 aliphatic carbocycles. The van der Waals surface area contributed by atoms with E-state index in [1.54, 1.807) is 55.5 Å². The van der Waals surface area contributed by atoms with Crippen molar-refractivity contribution < 1.29 is 23.9 Å². The molecular formula is C26H23NO5. The van der Waals surface area contributed by atoms with E-state index in [4.69, 9.17) is 9.47 Å². The lowest BCUT2D eigenvalue weighted by atomic mass is 10.0. The number of imide groups is 1. The third kappa shape index (κ3) is 4.12. The lowest BCUT2D eigenvalue weighted by molar-refractivity contribution is -0.141. The highest BCUT2D eigenvalue weighted by Gasteiger charge is 2.36. The molecule has 162 valence electrons. The van der Waals surface area contributed by atoms with Crippen LogP contribution in [0.5, 0.6) is 11.5 Å². The van der Waals surface area contributed by atoms with Gasteiger partial charge in [0.05, 0.1) is 16.8 Å². The van der Waals surface area contributed by atoms with E-state index in [1.165, 1.54) is 5.56 Å². The Hall–Kier alpha value is -3.93. The van der Waals surface area contributed by atoms with Gasteiger partial charge >= 0.3 is 5.97 Å². The summed E-state index contributed by atoms with van der Waals surface area (Å²) in [5, 5.41) is 0. The molecule has 1 heterocycles. The van der Waals surface area contributed by atoms with Crippen molar-refractivity contribution in [2.45, 2.75) is 32.8 Å². The molecule has 0 N–H and O–H groups in total. The third-order valence-electron chi connectivity index (χ3n) is 5.30. The molecule has 0 saturated carbocycles. The van der Waals surface area contributed by atoms with Crippen LogP contribution in [0.3, 0.4) is 0 Å². The zero-order chi connectivity index (χ0) is 22.8. The normalized spacial score (nSPS) is 13.8. The average Bonchev–Trinajstić information content (AvgIpc) is 3.05. The van der Waals surface area contributed by atoms with E-state index in [0.717, 1.165) is 4.90 Å². The van der Waals surface area contributed by atoms with E-state index >= 15 is 0 Å². The molecule has 0 radical (unpaired) electrons. The van der Waals surface area contributed by atoms with E-state index in [2.05, 4.69) is 13.8 Å². The molecule has 3 aromatic carbocycles. The number of carbonyl (C=O) groups excluding carboxylic acids is 3. The van der Waals surface area contributed by atoms with Gasteiger partial charge in [-0.1, -0.05) is 38.1 Å². The Morgan fingerprint density at radius 3 is 1.81 bits per heavy atom. The van der Waals surface area contributed by atoms with Crippen LogP contribution in [0.1, 0.15) is 53.0 Å². The van der Waals surface area contributed by atoms with Gasteiger partial charge in [-0.3, -0.25) is 9.59 Å². The van der Waals surface area contributed by atoms with Crippen molar-refractivity contribution in [1.82, 2.24) is 0 Å². The van der Waals surface area contributed by atoms with Gasteiger partial charge in [-0.15, -0.1) is 0 Å². The Labute approximate surface area is 186 Å². The summed E-state index contributed by atoms with van der Waals surface area (Å²) in [4.78, 5) is 38.7. The molecule has 0 bridgehead atoms. The molecule has 0 spiro atoms. The lowest BCUT2D eigenvalue weighted by Gasteiger charge is -2.16. The van der Waals surface area contributed by atoms with Crippen LogP contribution in [0.2, 0.25) is 0 Å². The second-order valence-electron chi connectivity index (χ2n) is 7.89. The molecular weight excluding hydrogens is 406 g/mol. The van der Waals surface area contributed by atoms with Gasteiger partial charge in [0.15, 0.2) is 6.10 Å². The Bertz CT molecular complexity index is 1130. The first kappa shape index (κ1) is 21.3. The van der Waals surface area contributed by atoms with Gasteiger partial charge in [0, 0.05) is 0 Å². The predicted molar refractivity (Wildman–Crippen MR) is 120 cm³/mol. The summed E-state index contributed by atoms with van der Waals surface area (Å²) >= 11 is 0. The van der Waals surface area contributed by atoms with Gasteiger partial charge in [0.1, 0.15) is 11.5 Å². The van der Waals surface area contributed by atoms with Crippen molar-refractivity contribution in [1.29, 1.82) is 0 Å². The predicted octanol–water partition coefficient (Wildman–Crippen LogP) is 4.98. The zero-order valence-corrected chi connectivity index (χ0v) is 18.1. The maximum Gasteiger partial charge on any atom is 0.352 e. The Morgan fingerprint density at radius 1 is 0.750 bits per heavy atom. The Kier molecular flexibility index (Phi) is 5.77. The van der Waals surface area contributed by atoms with Crippen molar-refractivity contribution in [3.05, 3.63) is 89.5 Å². The van der Waals surface area contributed by atoms with Gasteiger partial charge in [-0.25, -0.2) is 9.69 Å². The molecule has 0 saturated heterocycles. The van der Waals surface area contributed by atoms with Gasteiger partial charge in [-0.05, 0) is 66.9 Å². The summed E-state index contributed by atoms with van der Waals surface area (Å²) < 4.78 is 11.1. The third-order valence-corrected chi connectivity index (χ3v) is 5.30. The molecule has 1 atom stereocenters. The van der Waals surface area contributed by atoms with Gasteiger partial charge in [0.25, 0.3) is 11.8 Å². The molecule has 1 unspecified atom stereocenters. The fraction of sp³-hybridized carbons (Fsp3) is 0.192. The van der Waals surface area contributed by atoms with Gasteiger partial charge in [0.2, 0.25) is 0 Å². The van der Waals surface area contributed by atoms with Crippen molar-refractivity contribution in [2.75, 3.05) is 4.90 Å². The number of amides is 2. The highest BCUT2D eigenvalue weighted by atomic mass is 16.6. The van der Waals surface area contributed by atoms with E-state index < -0.39 is 12.1 Å². The summed E-state index contributed by atoms with van der Waals surface area (Å²) in [7, 11) is 0. The van der Waals surface area contributed by atoms with Crippen molar-refractivity contribution in [3.63, 3.8) is 0 Å². The van der Waals surface area contributed by atoms with Crippen molar-refractivity contribution >= 4 is 23.5 Å². The van der Waals surface area contributed by atoms with Crippen LogP contribution >= 0.6 is 0 Å². The minimum atomic E-state index is -0.809. The summed E-state index contributed by atoms with van der Waals surface area (Å²) in [6.07, 6.45) is -0.809. The van der Waals surface area contributed by atoms with E-state index in [9.17, 15) is 14.4 Å². The molecule has 0 fully saturated rings. The Morgan fingerprint density at radius 2 is 1.28 bits per heavy atom. The van der Waals surface area contributed by atoms with Crippen molar-refractivity contribution in [2.24, 2.45) is 0 Å². The standard InChI is InChI=1S/C26H23NO5/c1-16(2)18-8-12-20(13-9-18)31-17(3)26(30)32-21-14-10-19(11-15-21)27-24(28)22-6-4-5-7-23(22)25(27)29/h4-17H,1-3H3. The number of hydrogen-bond donors (Lipinski definition) is 0. The number of benzene rings is 3. The molecule has 4 rings (SSSR count). The fourth-order valence-electron chi connectivity index (χ4n) is 3.47. The van der Waals surface area contributed by atoms with Crippen molar-refractivity contribution in [3.8, 4) is 11.5 Å². The number of ether oxygens (including phenoxy) is 2. The maximum atomic E-state index is 12.6.